The van der Waals surface area contributed by atoms with Crippen LogP contribution in [-0.4, -0.2) is 23.8 Å². The minimum absolute atomic E-state index is 0.767. The number of hydrogen-bond acceptors (Lipinski definition) is 4. The van der Waals surface area contributed by atoms with E-state index in [2.05, 4.69) is 15.5 Å². The number of likely N-dealkylation sites (N-methyl/N-ethyl adjacent to an activating group) is 1. The molecule has 1 aromatic carbocycles. The van der Waals surface area contributed by atoms with Crippen LogP contribution >= 0.6 is 22.9 Å². The van der Waals surface area contributed by atoms with Gasteiger partial charge < -0.3 is 5.32 Å². The minimum Gasteiger partial charge on any atom is -0.319 e. The predicted octanol–water partition coefficient (Wildman–Crippen LogP) is 2.93. The molecule has 0 spiro atoms. The van der Waals surface area contributed by atoms with Gasteiger partial charge in [0, 0.05) is 18.5 Å². The molecule has 2 aromatic rings. The van der Waals surface area contributed by atoms with Crippen molar-refractivity contribution in [3.8, 4) is 10.6 Å². The van der Waals surface area contributed by atoms with E-state index in [0.29, 0.717) is 0 Å². The van der Waals surface area contributed by atoms with Crippen LogP contribution in [0.1, 0.15) is 10.6 Å². The Bertz CT molecular complexity index is 510. The highest BCUT2D eigenvalue weighted by atomic mass is 35.5. The van der Waals surface area contributed by atoms with Crippen molar-refractivity contribution in [3.05, 3.63) is 33.8 Å². The van der Waals surface area contributed by atoms with E-state index in [1.807, 2.05) is 32.2 Å². The normalized spacial score (nSPS) is 10.8. The summed E-state index contributed by atoms with van der Waals surface area (Å²) in [6.45, 7) is 2.91. The molecule has 0 saturated heterocycles. The van der Waals surface area contributed by atoms with Gasteiger partial charge in [-0.1, -0.05) is 41.1 Å². The molecular weight excluding hydrogens is 254 g/mol. The van der Waals surface area contributed by atoms with Crippen LogP contribution in [-0.2, 0) is 6.42 Å². The van der Waals surface area contributed by atoms with Crippen LogP contribution in [0.4, 0.5) is 0 Å². The van der Waals surface area contributed by atoms with Crippen molar-refractivity contribution in [2.24, 2.45) is 0 Å². The zero-order valence-electron chi connectivity index (χ0n) is 9.83. The molecule has 0 atom stereocenters. The topological polar surface area (TPSA) is 37.8 Å². The monoisotopic (exact) mass is 267 g/mol. The molecule has 0 saturated carbocycles. The van der Waals surface area contributed by atoms with E-state index in [1.54, 1.807) is 11.3 Å². The fraction of sp³-hybridized carbons (Fsp3) is 0.333. The van der Waals surface area contributed by atoms with Gasteiger partial charge in [-0.3, -0.25) is 0 Å². The summed E-state index contributed by atoms with van der Waals surface area (Å²) in [4.78, 5) is 0. The SMILES string of the molecule is CNCCc1nnc(-c2cccc(C)c2Cl)s1. The summed E-state index contributed by atoms with van der Waals surface area (Å²) in [6.07, 6.45) is 0.900. The Morgan fingerprint density at radius 2 is 2.18 bits per heavy atom. The minimum atomic E-state index is 0.767. The summed E-state index contributed by atoms with van der Waals surface area (Å²) in [5.41, 5.74) is 2.04. The van der Waals surface area contributed by atoms with Gasteiger partial charge in [-0.2, -0.15) is 0 Å². The van der Waals surface area contributed by atoms with Crippen molar-refractivity contribution in [1.82, 2.24) is 15.5 Å². The van der Waals surface area contributed by atoms with Crippen LogP contribution in [0, 0.1) is 6.92 Å². The number of rotatable bonds is 4. The van der Waals surface area contributed by atoms with Gasteiger partial charge in [0.2, 0.25) is 0 Å². The molecule has 0 bridgehead atoms. The maximum atomic E-state index is 6.27. The van der Waals surface area contributed by atoms with E-state index in [-0.39, 0.29) is 0 Å². The van der Waals surface area contributed by atoms with Gasteiger partial charge in [0.1, 0.15) is 10.0 Å². The van der Waals surface area contributed by atoms with E-state index in [4.69, 9.17) is 11.6 Å². The van der Waals surface area contributed by atoms with Gasteiger partial charge in [0.25, 0.3) is 0 Å². The Kier molecular flexibility index (Phi) is 4.10. The Balaban J connectivity index is 2.27. The lowest BCUT2D eigenvalue weighted by molar-refractivity contribution is 0.779. The molecule has 1 aromatic heterocycles. The fourth-order valence-electron chi connectivity index (χ4n) is 1.51. The van der Waals surface area contributed by atoms with Gasteiger partial charge >= 0.3 is 0 Å². The smallest absolute Gasteiger partial charge is 0.149 e. The van der Waals surface area contributed by atoms with E-state index in [0.717, 1.165) is 39.1 Å². The van der Waals surface area contributed by atoms with E-state index in [1.165, 1.54) is 0 Å². The molecule has 17 heavy (non-hydrogen) atoms. The molecule has 0 unspecified atom stereocenters. The van der Waals surface area contributed by atoms with Crippen LogP contribution in [0.15, 0.2) is 18.2 Å². The zero-order chi connectivity index (χ0) is 12.3. The van der Waals surface area contributed by atoms with Crippen molar-refractivity contribution in [1.29, 1.82) is 0 Å². The molecule has 0 amide bonds. The van der Waals surface area contributed by atoms with Crippen molar-refractivity contribution in [2.45, 2.75) is 13.3 Å². The first-order valence-corrected chi connectivity index (χ1v) is 6.64. The van der Waals surface area contributed by atoms with Gasteiger partial charge in [0.05, 0.1) is 5.02 Å². The van der Waals surface area contributed by atoms with Crippen molar-refractivity contribution >= 4 is 22.9 Å². The van der Waals surface area contributed by atoms with Crippen LogP contribution < -0.4 is 5.32 Å². The van der Waals surface area contributed by atoms with Crippen molar-refractivity contribution in [2.75, 3.05) is 13.6 Å². The second-order valence-electron chi connectivity index (χ2n) is 3.79. The van der Waals surface area contributed by atoms with E-state index < -0.39 is 0 Å². The quantitative estimate of drug-likeness (QED) is 0.926. The molecule has 2 rings (SSSR count). The first-order valence-electron chi connectivity index (χ1n) is 5.45. The highest BCUT2D eigenvalue weighted by Gasteiger charge is 2.10. The summed E-state index contributed by atoms with van der Waals surface area (Å²) in [6, 6.07) is 5.97. The van der Waals surface area contributed by atoms with E-state index in [9.17, 15) is 0 Å². The van der Waals surface area contributed by atoms with Gasteiger partial charge in [-0.15, -0.1) is 10.2 Å². The zero-order valence-corrected chi connectivity index (χ0v) is 11.4. The number of hydrogen-bond donors (Lipinski definition) is 1. The summed E-state index contributed by atoms with van der Waals surface area (Å²) >= 11 is 7.87. The lowest BCUT2D eigenvalue weighted by atomic mass is 10.1. The number of aromatic nitrogens is 2. The van der Waals surface area contributed by atoms with Crippen LogP contribution in [0.5, 0.6) is 0 Å². The Morgan fingerprint density at radius 1 is 1.35 bits per heavy atom. The second-order valence-corrected chi connectivity index (χ2v) is 5.23. The molecule has 5 heteroatoms. The molecule has 0 aliphatic heterocycles. The Morgan fingerprint density at radius 3 is 2.94 bits per heavy atom. The molecule has 3 nitrogen and oxygen atoms in total. The highest BCUT2D eigenvalue weighted by Crippen LogP contribution is 2.32. The summed E-state index contributed by atoms with van der Waals surface area (Å²) < 4.78 is 0. The van der Waals surface area contributed by atoms with Crippen LogP contribution in [0.2, 0.25) is 5.02 Å². The van der Waals surface area contributed by atoms with E-state index >= 15 is 0 Å². The first-order chi connectivity index (χ1) is 8.22. The third-order valence-corrected chi connectivity index (χ3v) is 4.00. The summed E-state index contributed by atoms with van der Waals surface area (Å²) in [5.74, 6) is 0. The van der Waals surface area contributed by atoms with Gasteiger partial charge in [-0.05, 0) is 19.5 Å². The fourth-order valence-corrected chi connectivity index (χ4v) is 2.65. The number of halogens is 1. The van der Waals surface area contributed by atoms with Crippen molar-refractivity contribution in [3.63, 3.8) is 0 Å². The average molecular weight is 268 g/mol. The first kappa shape index (κ1) is 12.5. The molecule has 0 fully saturated rings. The maximum absolute atomic E-state index is 6.27. The highest BCUT2D eigenvalue weighted by molar-refractivity contribution is 7.14. The molecule has 1 N–H and O–H groups in total. The number of benzene rings is 1. The van der Waals surface area contributed by atoms with Crippen molar-refractivity contribution < 1.29 is 0 Å². The Hall–Kier alpha value is -0.970. The molecule has 1 heterocycles. The predicted molar refractivity (Wildman–Crippen MR) is 72.7 cm³/mol. The summed E-state index contributed by atoms with van der Waals surface area (Å²) in [5, 5.41) is 14.2. The van der Waals surface area contributed by atoms with Gasteiger partial charge in [0.15, 0.2) is 0 Å². The van der Waals surface area contributed by atoms with Crippen LogP contribution in [0.3, 0.4) is 0 Å². The molecule has 0 radical (unpaired) electrons. The average Bonchev–Trinajstić information content (AvgIpc) is 2.78. The van der Waals surface area contributed by atoms with Crippen LogP contribution in [0.25, 0.3) is 10.6 Å². The molecular formula is C12H14ClN3S. The third kappa shape index (κ3) is 2.83. The lowest BCUT2D eigenvalue weighted by Crippen LogP contribution is -2.09. The lowest BCUT2D eigenvalue weighted by Gasteiger charge is -2.01. The molecule has 90 valence electrons. The van der Waals surface area contributed by atoms with Gasteiger partial charge in [-0.25, -0.2) is 0 Å². The maximum Gasteiger partial charge on any atom is 0.149 e. The summed E-state index contributed by atoms with van der Waals surface area (Å²) in [7, 11) is 1.93. The number of nitrogens with one attached hydrogen (secondary N) is 1. The second kappa shape index (κ2) is 5.58. The number of aryl methyl sites for hydroxylation is 1. The number of nitrogens with zero attached hydrogens (tertiary/aromatic N) is 2. The molecule has 0 aliphatic carbocycles. The standard InChI is InChI=1S/C12H14ClN3S/c1-8-4-3-5-9(11(8)13)12-16-15-10(17-12)6-7-14-2/h3-5,14H,6-7H2,1-2H3. The molecule has 0 aliphatic rings. The Labute approximate surface area is 110 Å². The largest absolute Gasteiger partial charge is 0.319 e. The third-order valence-electron chi connectivity index (χ3n) is 2.48.